The number of carboxylic acids is 1. The minimum atomic E-state index is -0.947. The predicted octanol–water partition coefficient (Wildman–Crippen LogP) is 1.43. The molecule has 4 nitrogen and oxygen atoms in total. The molecule has 0 aliphatic rings. The van der Waals surface area contributed by atoms with Crippen LogP contribution in [0, 0.1) is 0 Å². The average molecular weight is 213 g/mol. The quantitative estimate of drug-likeness (QED) is 0.752. The van der Waals surface area contributed by atoms with E-state index >= 15 is 0 Å². The standard InChI is InChI=1S/C9H11NO3S/c1-13-5-4-8-10-6-7(14-8)2-3-9(11)12/h2-3,6H,4-5H2,1H3,(H,11,12)/b3-2+. The Balaban J connectivity index is 2.54. The SMILES string of the molecule is COCCc1ncc(/C=C/C(=O)O)s1. The van der Waals surface area contributed by atoms with Gasteiger partial charge in [-0.3, -0.25) is 0 Å². The summed E-state index contributed by atoms with van der Waals surface area (Å²) >= 11 is 1.47. The Hall–Kier alpha value is -1.20. The molecule has 0 fully saturated rings. The van der Waals surface area contributed by atoms with Crippen LogP contribution in [-0.4, -0.2) is 29.8 Å². The lowest BCUT2D eigenvalue weighted by molar-refractivity contribution is -0.131. The van der Waals surface area contributed by atoms with Crippen molar-refractivity contribution in [3.8, 4) is 0 Å². The van der Waals surface area contributed by atoms with Crippen molar-refractivity contribution in [2.45, 2.75) is 6.42 Å². The predicted molar refractivity (Wildman–Crippen MR) is 54.4 cm³/mol. The molecule has 1 heterocycles. The summed E-state index contributed by atoms with van der Waals surface area (Å²) in [7, 11) is 1.64. The number of aliphatic carboxylic acids is 1. The third-order valence-electron chi connectivity index (χ3n) is 1.48. The Morgan fingerprint density at radius 2 is 2.57 bits per heavy atom. The van der Waals surface area contributed by atoms with Gasteiger partial charge in [0.15, 0.2) is 0 Å². The van der Waals surface area contributed by atoms with Crippen LogP contribution < -0.4 is 0 Å². The molecule has 1 N–H and O–H groups in total. The Morgan fingerprint density at radius 3 is 3.21 bits per heavy atom. The van der Waals surface area contributed by atoms with E-state index in [1.54, 1.807) is 13.3 Å². The zero-order valence-electron chi connectivity index (χ0n) is 7.77. The first-order chi connectivity index (χ1) is 6.72. The number of hydrogen-bond acceptors (Lipinski definition) is 4. The van der Waals surface area contributed by atoms with E-state index in [0.717, 1.165) is 22.4 Å². The van der Waals surface area contributed by atoms with Crippen LogP contribution in [0.4, 0.5) is 0 Å². The fraction of sp³-hybridized carbons (Fsp3) is 0.333. The van der Waals surface area contributed by atoms with Crippen molar-refractivity contribution in [1.29, 1.82) is 0 Å². The first-order valence-electron chi connectivity index (χ1n) is 4.07. The summed E-state index contributed by atoms with van der Waals surface area (Å²) in [5.41, 5.74) is 0. The molecule has 76 valence electrons. The van der Waals surface area contributed by atoms with Gasteiger partial charge in [-0.1, -0.05) is 0 Å². The van der Waals surface area contributed by atoms with E-state index in [0.29, 0.717) is 6.61 Å². The highest BCUT2D eigenvalue weighted by Gasteiger charge is 1.99. The van der Waals surface area contributed by atoms with Crippen LogP contribution in [-0.2, 0) is 16.0 Å². The zero-order chi connectivity index (χ0) is 10.4. The molecule has 0 atom stereocenters. The maximum atomic E-state index is 10.2. The lowest BCUT2D eigenvalue weighted by atomic mass is 10.4. The van der Waals surface area contributed by atoms with Gasteiger partial charge in [-0.2, -0.15) is 0 Å². The number of carboxylic acid groups (broad SMARTS) is 1. The average Bonchev–Trinajstić information content (AvgIpc) is 2.59. The molecule has 0 aliphatic heterocycles. The lowest BCUT2D eigenvalue weighted by Gasteiger charge is -1.91. The van der Waals surface area contributed by atoms with Crippen LogP contribution >= 0.6 is 11.3 Å². The van der Waals surface area contributed by atoms with Crippen molar-refractivity contribution in [3.05, 3.63) is 22.2 Å². The second kappa shape index (κ2) is 5.51. The fourth-order valence-corrected chi connectivity index (χ4v) is 1.66. The largest absolute Gasteiger partial charge is 0.478 e. The number of carbonyl (C=O) groups is 1. The maximum Gasteiger partial charge on any atom is 0.328 e. The van der Waals surface area contributed by atoms with E-state index < -0.39 is 5.97 Å². The molecule has 1 aromatic rings. The van der Waals surface area contributed by atoms with Gasteiger partial charge < -0.3 is 9.84 Å². The van der Waals surface area contributed by atoms with Gasteiger partial charge in [0.2, 0.25) is 0 Å². The highest BCUT2D eigenvalue weighted by atomic mass is 32.1. The summed E-state index contributed by atoms with van der Waals surface area (Å²) in [4.78, 5) is 15.2. The monoisotopic (exact) mass is 213 g/mol. The van der Waals surface area contributed by atoms with Gasteiger partial charge in [-0.05, 0) is 6.08 Å². The summed E-state index contributed by atoms with van der Waals surface area (Å²) in [5, 5.41) is 9.36. The van der Waals surface area contributed by atoms with Crippen molar-refractivity contribution in [3.63, 3.8) is 0 Å². The molecule has 0 saturated carbocycles. The number of aromatic nitrogens is 1. The second-order valence-corrected chi connectivity index (χ2v) is 3.72. The smallest absolute Gasteiger partial charge is 0.328 e. The molecule has 0 amide bonds. The molecule has 0 bridgehead atoms. The number of methoxy groups -OCH3 is 1. The number of rotatable bonds is 5. The Morgan fingerprint density at radius 1 is 1.79 bits per heavy atom. The molecule has 0 unspecified atom stereocenters. The highest BCUT2D eigenvalue weighted by Crippen LogP contribution is 2.14. The molecule has 14 heavy (non-hydrogen) atoms. The summed E-state index contributed by atoms with van der Waals surface area (Å²) in [6.07, 6.45) is 5.07. The van der Waals surface area contributed by atoms with E-state index in [2.05, 4.69) is 4.98 Å². The molecule has 0 aromatic carbocycles. The van der Waals surface area contributed by atoms with Gasteiger partial charge in [-0.15, -0.1) is 11.3 Å². The molecule has 1 rings (SSSR count). The van der Waals surface area contributed by atoms with E-state index in [1.165, 1.54) is 17.4 Å². The Kier molecular flexibility index (Phi) is 4.28. The summed E-state index contributed by atoms with van der Waals surface area (Å²) in [5.74, 6) is -0.947. The Labute approximate surface area is 85.9 Å². The van der Waals surface area contributed by atoms with Crippen molar-refractivity contribution >= 4 is 23.4 Å². The van der Waals surface area contributed by atoms with Gasteiger partial charge in [0.1, 0.15) is 0 Å². The number of nitrogens with zero attached hydrogens (tertiary/aromatic N) is 1. The molecule has 0 spiro atoms. The normalized spacial score (nSPS) is 10.9. The van der Waals surface area contributed by atoms with Crippen LogP contribution in [0.15, 0.2) is 12.3 Å². The van der Waals surface area contributed by atoms with Gasteiger partial charge in [0, 0.05) is 30.7 Å². The molecule has 0 aliphatic carbocycles. The third kappa shape index (κ3) is 3.68. The minimum absolute atomic E-state index is 0.635. The summed E-state index contributed by atoms with van der Waals surface area (Å²) < 4.78 is 4.91. The first kappa shape index (κ1) is 10.9. The van der Waals surface area contributed by atoms with Crippen molar-refractivity contribution in [2.24, 2.45) is 0 Å². The van der Waals surface area contributed by atoms with Crippen LogP contribution in [0.5, 0.6) is 0 Å². The topological polar surface area (TPSA) is 59.4 Å². The molecular weight excluding hydrogens is 202 g/mol. The number of ether oxygens (including phenoxy) is 1. The van der Waals surface area contributed by atoms with Crippen molar-refractivity contribution < 1.29 is 14.6 Å². The van der Waals surface area contributed by atoms with E-state index in [4.69, 9.17) is 9.84 Å². The lowest BCUT2D eigenvalue weighted by Crippen LogP contribution is -1.92. The van der Waals surface area contributed by atoms with Crippen LogP contribution in [0.1, 0.15) is 9.88 Å². The molecule has 0 radical (unpaired) electrons. The van der Waals surface area contributed by atoms with E-state index in [-0.39, 0.29) is 0 Å². The number of thiazole rings is 1. The van der Waals surface area contributed by atoms with Gasteiger partial charge in [0.05, 0.1) is 11.6 Å². The maximum absolute atomic E-state index is 10.2. The number of hydrogen-bond donors (Lipinski definition) is 1. The summed E-state index contributed by atoms with van der Waals surface area (Å²) in [6.45, 7) is 0.635. The van der Waals surface area contributed by atoms with E-state index in [9.17, 15) is 4.79 Å². The van der Waals surface area contributed by atoms with Crippen LogP contribution in [0.25, 0.3) is 6.08 Å². The second-order valence-electron chi connectivity index (χ2n) is 2.57. The van der Waals surface area contributed by atoms with Crippen molar-refractivity contribution in [1.82, 2.24) is 4.98 Å². The highest BCUT2D eigenvalue weighted by molar-refractivity contribution is 7.12. The van der Waals surface area contributed by atoms with Crippen LogP contribution in [0.3, 0.4) is 0 Å². The van der Waals surface area contributed by atoms with Crippen LogP contribution in [0.2, 0.25) is 0 Å². The minimum Gasteiger partial charge on any atom is -0.478 e. The summed E-state index contributed by atoms with van der Waals surface area (Å²) in [6, 6.07) is 0. The molecule has 5 heteroatoms. The Bertz CT molecular complexity index is 333. The van der Waals surface area contributed by atoms with Gasteiger partial charge >= 0.3 is 5.97 Å². The zero-order valence-corrected chi connectivity index (χ0v) is 8.58. The molecule has 0 saturated heterocycles. The van der Waals surface area contributed by atoms with E-state index in [1.807, 2.05) is 0 Å². The molecular formula is C9H11NO3S. The first-order valence-corrected chi connectivity index (χ1v) is 4.88. The fourth-order valence-electron chi connectivity index (χ4n) is 0.860. The van der Waals surface area contributed by atoms with Crippen molar-refractivity contribution in [2.75, 3.05) is 13.7 Å². The third-order valence-corrected chi connectivity index (χ3v) is 2.50. The van der Waals surface area contributed by atoms with Gasteiger partial charge in [-0.25, -0.2) is 9.78 Å². The van der Waals surface area contributed by atoms with Gasteiger partial charge in [0.25, 0.3) is 0 Å². The molecule has 1 aromatic heterocycles.